The minimum Gasteiger partial charge on any atom is -0.475 e. The van der Waals surface area contributed by atoms with E-state index in [1.807, 2.05) is 6.07 Å². The van der Waals surface area contributed by atoms with E-state index in [1.165, 1.54) is 19.3 Å². The fourth-order valence-electron chi connectivity index (χ4n) is 4.14. The second-order valence-electron chi connectivity index (χ2n) is 9.22. The lowest BCUT2D eigenvalue weighted by molar-refractivity contribution is -0.132. The lowest BCUT2D eigenvalue weighted by Gasteiger charge is -2.29. The molecule has 37 heavy (non-hydrogen) atoms. The first-order valence-corrected chi connectivity index (χ1v) is 12.7. The van der Waals surface area contributed by atoms with Crippen molar-refractivity contribution in [2.75, 3.05) is 31.7 Å². The molecule has 0 bridgehead atoms. The zero-order chi connectivity index (χ0) is 26.7. The van der Waals surface area contributed by atoms with E-state index in [9.17, 15) is 18.4 Å². The molecule has 3 heterocycles. The Morgan fingerprint density at radius 2 is 1.92 bits per heavy atom. The van der Waals surface area contributed by atoms with Gasteiger partial charge in [0.05, 0.1) is 41.0 Å². The SMILES string of the molecule is N#CC1(COc2cncc(-c3cc(NC4CCCCC4)ncc3Cl)n2)CCOCC1.NCCC(F)(F)F. The largest absolute Gasteiger partial charge is 0.475 e. The van der Waals surface area contributed by atoms with Gasteiger partial charge in [-0.3, -0.25) is 4.98 Å². The third-order valence-corrected chi connectivity index (χ3v) is 6.61. The molecule has 1 saturated carbocycles. The molecule has 1 aliphatic heterocycles. The zero-order valence-corrected chi connectivity index (χ0v) is 21.3. The van der Waals surface area contributed by atoms with Crippen LogP contribution in [0.4, 0.5) is 19.0 Å². The summed E-state index contributed by atoms with van der Waals surface area (Å²) in [4.78, 5) is 13.3. The minimum absolute atomic E-state index is 0.267. The van der Waals surface area contributed by atoms with E-state index in [0.717, 1.165) is 24.2 Å². The normalized spacial score (nSPS) is 17.7. The summed E-state index contributed by atoms with van der Waals surface area (Å²) < 4.78 is 44.2. The average molecular weight is 541 g/mol. The molecule has 2 fully saturated rings. The molecular weight excluding hydrogens is 509 g/mol. The fourth-order valence-corrected chi connectivity index (χ4v) is 4.34. The standard InChI is InChI=1S/C22H26ClN5O2.C3H6F3N/c23-18-11-26-20(27-16-4-2-1-3-5-16)10-17(18)19-12-25-13-21(28-19)30-15-22(14-24)6-8-29-9-7-22;4-3(5,6)1-2-7/h10-13,16H,1-9,15H2,(H,26,27);1-2,7H2. The van der Waals surface area contributed by atoms with E-state index in [1.54, 1.807) is 18.6 Å². The van der Waals surface area contributed by atoms with Crippen molar-refractivity contribution in [3.05, 3.63) is 29.7 Å². The van der Waals surface area contributed by atoms with Gasteiger partial charge in [-0.2, -0.15) is 18.4 Å². The highest BCUT2D eigenvalue weighted by molar-refractivity contribution is 6.33. The molecule has 2 aliphatic rings. The molecule has 12 heteroatoms. The van der Waals surface area contributed by atoms with Crippen molar-refractivity contribution in [3.63, 3.8) is 0 Å². The maximum absolute atomic E-state index is 11.0. The molecule has 3 N–H and O–H groups in total. The zero-order valence-electron chi connectivity index (χ0n) is 20.6. The van der Waals surface area contributed by atoms with Crippen LogP contribution in [0, 0.1) is 16.7 Å². The Labute approximate surface area is 219 Å². The summed E-state index contributed by atoms with van der Waals surface area (Å²) in [6, 6.07) is 4.76. The number of aromatic nitrogens is 3. The van der Waals surface area contributed by atoms with Crippen molar-refractivity contribution in [2.24, 2.45) is 11.1 Å². The van der Waals surface area contributed by atoms with Gasteiger partial charge in [-0.25, -0.2) is 9.97 Å². The van der Waals surface area contributed by atoms with Crippen LogP contribution in [0.15, 0.2) is 24.7 Å². The van der Waals surface area contributed by atoms with Crippen LogP contribution in [0.3, 0.4) is 0 Å². The first-order valence-electron chi connectivity index (χ1n) is 12.4. The highest BCUT2D eigenvalue weighted by atomic mass is 35.5. The van der Waals surface area contributed by atoms with E-state index in [4.69, 9.17) is 21.1 Å². The maximum Gasteiger partial charge on any atom is 0.390 e. The van der Waals surface area contributed by atoms with Gasteiger partial charge in [-0.15, -0.1) is 0 Å². The maximum atomic E-state index is 11.0. The number of ether oxygens (including phenoxy) is 2. The number of nitrogens with zero attached hydrogens (tertiary/aromatic N) is 4. The topological polar surface area (TPSA) is 119 Å². The molecule has 2 aromatic rings. The molecule has 202 valence electrons. The number of rotatable bonds is 7. The summed E-state index contributed by atoms with van der Waals surface area (Å²) in [5.74, 6) is 1.17. The number of hydrogen-bond acceptors (Lipinski definition) is 8. The number of hydrogen-bond donors (Lipinski definition) is 2. The Kier molecular flexibility index (Phi) is 10.7. The predicted octanol–water partition coefficient (Wildman–Crippen LogP) is 5.53. The Hall–Kier alpha value is -2.68. The first-order chi connectivity index (χ1) is 17.7. The summed E-state index contributed by atoms with van der Waals surface area (Å²) in [5.41, 5.74) is 5.42. The van der Waals surface area contributed by atoms with E-state index in [0.29, 0.717) is 48.7 Å². The number of nitrogens with one attached hydrogen (secondary N) is 1. The molecule has 1 saturated heterocycles. The van der Waals surface area contributed by atoms with Crippen molar-refractivity contribution in [2.45, 2.75) is 63.6 Å². The van der Waals surface area contributed by atoms with E-state index >= 15 is 0 Å². The number of pyridine rings is 1. The predicted molar refractivity (Wildman–Crippen MR) is 134 cm³/mol. The van der Waals surface area contributed by atoms with Gasteiger partial charge in [0.1, 0.15) is 12.4 Å². The van der Waals surface area contributed by atoms with Crippen LogP contribution in [0.2, 0.25) is 5.02 Å². The van der Waals surface area contributed by atoms with Gasteiger partial charge in [-0.05, 0) is 31.7 Å². The van der Waals surface area contributed by atoms with Crippen LogP contribution in [0.5, 0.6) is 5.88 Å². The van der Waals surface area contributed by atoms with Gasteiger partial charge in [0.15, 0.2) is 0 Å². The van der Waals surface area contributed by atoms with Crippen LogP contribution >= 0.6 is 11.6 Å². The Bertz CT molecular complexity index is 1040. The van der Waals surface area contributed by atoms with Gasteiger partial charge in [0, 0.05) is 37.6 Å². The van der Waals surface area contributed by atoms with Crippen LogP contribution < -0.4 is 15.8 Å². The van der Waals surface area contributed by atoms with Gasteiger partial charge < -0.3 is 20.5 Å². The second kappa shape index (κ2) is 13.7. The van der Waals surface area contributed by atoms with Crippen molar-refractivity contribution < 1.29 is 22.6 Å². The molecule has 2 aromatic heterocycles. The van der Waals surface area contributed by atoms with Crippen LogP contribution in [0.1, 0.15) is 51.4 Å². The Morgan fingerprint density at radius 3 is 2.54 bits per heavy atom. The van der Waals surface area contributed by atoms with Crippen LogP contribution in [-0.2, 0) is 4.74 Å². The molecule has 0 amide bonds. The fraction of sp³-hybridized carbons (Fsp3) is 0.600. The summed E-state index contributed by atoms with van der Waals surface area (Å²) in [5, 5.41) is 13.6. The van der Waals surface area contributed by atoms with Gasteiger partial charge in [0.25, 0.3) is 0 Å². The molecule has 0 unspecified atom stereocenters. The molecule has 0 aromatic carbocycles. The third-order valence-electron chi connectivity index (χ3n) is 6.31. The van der Waals surface area contributed by atoms with Gasteiger partial charge in [0.2, 0.25) is 5.88 Å². The molecule has 0 spiro atoms. The second-order valence-corrected chi connectivity index (χ2v) is 9.63. The number of alkyl halides is 3. The van der Waals surface area contributed by atoms with Crippen molar-refractivity contribution in [1.82, 2.24) is 15.0 Å². The minimum atomic E-state index is -4.07. The number of nitrogens with two attached hydrogens (primary N) is 1. The first kappa shape index (κ1) is 28.9. The lowest BCUT2D eigenvalue weighted by atomic mass is 9.83. The summed E-state index contributed by atoms with van der Waals surface area (Å²) >= 11 is 6.41. The smallest absolute Gasteiger partial charge is 0.390 e. The summed E-state index contributed by atoms with van der Waals surface area (Å²) in [6.45, 7) is 1.10. The number of halogens is 4. The third kappa shape index (κ3) is 9.29. The quantitative estimate of drug-likeness (QED) is 0.470. The summed E-state index contributed by atoms with van der Waals surface area (Å²) in [6.07, 6.45) is 7.34. The Morgan fingerprint density at radius 1 is 1.19 bits per heavy atom. The van der Waals surface area contributed by atoms with Crippen molar-refractivity contribution in [3.8, 4) is 23.2 Å². The highest BCUT2D eigenvalue weighted by Crippen LogP contribution is 2.32. The van der Waals surface area contributed by atoms with Crippen LogP contribution in [0.25, 0.3) is 11.3 Å². The van der Waals surface area contributed by atoms with E-state index < -0.39 is 18.0 Å². The molecule has 4 rings (SSSR count). The number of nitriles is 1. The average Bonchev–Trinajstić information content (AvgIpc) is 2.90. The van der Waals surface area contributed by atoms with E-state index in [-0.39, 0.29) is 13.2 Å². The number of anilines is 1. The Balaban J connectivity index is 0.000000479. The van der Waals surface area contributed by atoms with Crippen LogP contribution in [-0.4, -0.2) is 53.5 Å². The molecule has 0 atom stereocenters. The van der Waals surface area contributed by atoms with Gasteiger partial charge >= 0.3 is 6.18 Å². The van der Waals surface area contributed by atoms with Crippen molar-refractivity contribution >= 4 is 17.4 Å². The molecule has 8 nitrogen and oxygen atoms in total. The monoisotopic (exact) mass is 540 g/mol. The highest BCUT2D eigenvalue weighted by Gasteiger charge is 2.34. The van der Waals surface area contributed by atoms with Gasteiger partial charge in [-0.1, -0.05) is 30.9 Å². The summed E-state index contributed by atoms with van der Waals surface area (Å²) in [7, 11) is 0. The lowest BCUT2D eigenvalue weighted by Crippen LogP contribution is -2.34. The molecule has 0 radical (unpaired) electrons. The van der Waals surface area contributed by atoms with E-state index in [2.05, 4.69) is 32.1 Å². The molecule has 1 aliphatic carbocycles. The molecular formula is C25H32ClF3N6O2. The van der Waals surface area contributed by atoms with Crippen molar-refractivity contribution in [1.29, 1.82) is 5.26 Å².